The van der Waals surface area contributed by atoms with Gasteiger partial charge in [0, 0.05) is 16.8 Å². The van der Waals surface area contributed by atoms with Crippen LogP contribution < -0.4 is 9.64 Å². The first-order valence-corrected chi connectivity index (χ1v) is 9.86. The van der Waals surface area contributed by atoms with E-state index in [1.54, 1.807) is 60.7 Å². The highest BCUT2D eigenvalue weighted by molar-refractivity contribution is 6.51. The molecule has 5 nitrogen and oxygen atoms in total. The third kappa shape index (κ3) is 3.68. The molecular formula is C25H20FNO4. The molecule has 1 amide bonds. The lowest BCUT2D eigenvalue weighted by Gasteiger charge is -2.25. The van der Waals surface area contributed by atoms with Gasteiger partial charge in [0.25, 0.3) is 11.7 Å². The summed E-state index contributed by atoms with van der Waals surface area (Å²) in [5.74, 6) is -2.04. The lowest BCUT2D eigenvalue weighted by molar-refractivity contribution is -0.132. The Labute approximate surface area is 179 Å². The predicted octanol–water partition coefficient (Wildman–Crippen LogP) is 4.85. The van der Waals surface area contributed by atoms with Crippen molar-refractivity contribution in [3.05, 3.63) is 101 Å². The quantitative estimate of drug-likeness (QED) is 0.366. The molecule has 3 aromatic carbocycles. The fraction of sp³-hybridized carbons (Fsp3) is 0.120. The van der Waals surface area contributed by atoms with E-state index in [4.69, 9.17) is 4.74 Å². The summed E-state index contributed by atoms with van der Waals surface area (Å²) in [7, 11) is 0. The Hall–Kier alpha value is -3.93. The molecule has 1 fully saturated rings. The van der Waals surface area contributed by atoms with Crippen molar-refractivity contribution >= 4 is 23.1 Å². The van der Waals surface area contributed by atoms with Crippen LogP contribution in [0.25, 0.3) is 5.76 Å². The maximum atomic E-state index is 14.8. The Morgan fingerprint density at radius 2 is 1.61 bits per heavy atom. The first-order valence-electron chi connectivity index (χ1n) is 9.86. The standard InChI is InChI=1S/C25H20FNO4/c1-2-31-18-14-12-16(13-15-18)23(28)21-22(19-10-6-7-11-20(19)26)27(25(30)24(21)29)17-8-4-3-5-9-17/h3-15,22,28H,2H2,1H3/b23-21-. The van der Waals surface area contributed by atoms with Gasteiger partial charge in [-0.2, -0.15) is 0 Å². The number of para-hydroxylation sites is 1. The number of carbonyl (C=O) groups excluding carboxylic acids is 2. The van der Waals surface area contributed by atoms with Gasteiger partial charge < -0.3 is 9.84 Å². The zero-order valence-corrected chi connectivity index (χ0v) is 16.8. The fourth-order valence-corrected chi connectivity index (χ4v) is 3.71. The summed E-state index contributed by atoms with van der Waals surface area (Å²) in [5.41, 5.74) is 0.723. The van der Waals surface area contributed by atoms with Crippen molar-refractivity contribution in [2.45, 2.75) is 13.0 Å². The molecule has 3 aromatic rings. The van der Waals surface area contributed by atoms with Gasteiger partial charge in [-0.05, 0) is 49.4 Å². The topological polar surface area (TPSA) is 66.8 Å². The number of Topliss-reactive ketones (excluding diaryl/α,β-unsaturated/α-hetero) is 1. The van der Waals surface area contributed by atoms with Gasteiger partial charge in [0.15, 0.2) is 0 Å². The Morgan fingerprint density at radius 3 is 2.26 bits per heavy atom. The van der Waals surface area contributed by atoms with Gasteiger partial charge in [-0.3, -0.25) is 14.5 Å². The largest absolute Gasteiger partial charge is 0.507 e. The van der Waals surface area contributed by atoms with Crippen LogP contribution in [0.2, 0.25) is 0 Å². The number of aliphatic hydroxyl groups is 1. The number of benzene rings is 3. The molecule has 1 unspecified atom stereocenters. The molecule has 1 saturated heterocycles. The molecule has 1 atom stereocenters. The minimum absolute atomic E-state index is 0.123. The summed E-state index contributed by atoms with van der Waals surface area (Å²) >= 11 is 0. The Kier molecular flexibility index (Phi) is 5.54. The summed E-state index contributed by atoms with van der Waals surface area (Å²) in [6.45, 7) is 2.34. The van der Waals surface area contributed by atoms with Crippen molar-refractivity contribution in [3.63, 3.8) is 0 Å². The van der Waals surface area contributed by atoms with Crippen LogP contribution in [0.3, 0.4) is 0 Å². The van der Waals surface area contributed by atoms with E-state index in [0.717, 1.165) is 0 Å². The van der Waals surface area contributed by atoms with E-state index < -0.39 is 23.5 Å². The Balaban J connectivity index is 1.90. The molecule has 6 heteroatoms. The Morgan fingerprint density at radius 1 is 0.968 bits per heavy atom. The monoisotopic (exact) mass is 417 g/mol. The maximum absolute atomic E-state index is 14.8. The molecule has 0 saturated carbocycles. The van der Waals surface area contributed by atoms with E-state index in [1.807, 2.05) is 6.92 Å². The van der Waals surface area contributed by atoms with Gasteiger partial charge in [-0.1, -0.05) is 36.4 Å². The molecule has 1 aliphatic heterocycles. The number of ketones is 1. The molecule has 0 bridgehead atoms. The summed E-state index contributed by atoms with van der Waals surface area (Å²) in [4.78, 5) is 27.2. The molecule has 1 heterocycles. The molecule has 0 aromatic heterocycles. The lowest BCUT2D eigenvalue weighted by atomic mass is 9.94. The number of hydrogen-bond acceptors (Lipinski definition) is 4. The lowest BCUT2D eigenvalue weighted by Crippen LogP contribution is -2.29. The first-order chi connectivity index (χ1) is 15.0. The van der Waals surface area contributed by atoms with E-state index in [1.165, 1.54) is 23.1 Å². The third-order valence-electron chi connectivity index (χ3n) is 5.12. The highest BCUT2D eigenvalue weighted by Gasteiger charge is 2.47. The maximum Gasteiger partial charge on any atom is 0.300 e. The number of carbonyl (C=O) groups is 2. The molecule has 1 aliphatic rings. The number of rotatable bonds is 5. The van der Waals surface area contributed by atoms with Gasteiger partial charge in [0.1, 0.15) is 17.3 Å². The van der Waals surface area contributed by atoms with Gasteiger partial charge in [0.2, 0.25) is 0 Å². The zero-order valence-electron chi connectivity index (χ0n) is 16.8. The van der Waals surface area contributed by atoms with E-state index in [2.05, 4.69) is 0 Å². The molecule has 1 N–H and O–H groups in total. The first kappa shape index (κ1) is 20.3. The summed E-state index contributed by atoms with van der Waals surface area (Å²) in [5, 5.41) is 11.0. The number of halogens is 1. The molecule has 0 radical (unpaired) electrons. The second-order valence-corrected chi connectivity index (χ2v) is 6.98. The van der Waals surface area contributed by atoms with Gasteiger partial charge in [0.05, 0.1) is 18.2 Å². The van der Waals surface area contributed by atoms with Crippen molar-refractivity contribution in [2.75, 3.05) is 11.5 Å². The van der Waals surface area contributed by atoms with Crippen molar-refractivity contribution in [3.8, 4) is 5.75 Å². The molecular weight excluding hydrogens is 397 g/mol. The summed E-state index contributed by atoms with van der Waals surface area (Å²) in [6.07, 6.45) is 0. The normalized spacial score (nSPS) is 17.7. The van der Waals surface area contributed by atoms with Crippen LogP contribution in [0.15, 0.2) is 84.4 Å². The van der Waals surface area contributed by atoms with Crippen LogP contribution in [0.1, 0.15) is 24.1 Å². The second kappa shape index (κ2) is 8.44. The SMILES string of the molecule is CCOc1ccc(/C(O)=C2/C(=O)C(=O)N(c3ccccc3)C2c2ccccc2F)cc1. The average Bonchev–Trinajstić information content (AvgIpc) is 3.05. The fourth-order valence-electron chi connectivity index (χ4n) is 3.71. The van der Waals surface area contributed by atoms with Crippen LogP contribution in [-0.2, 0) is 9.59 Å². The number of anilines is 1. The Bertz CT molecular complexity index is 1160. The van der Waals surface area contributed by atoms with Crippen molar-refractivity contribution in [1.29, 1.82) is 0 Å². The minimum atomic E-state index is -1.10. The van der Waals surface area contributed by atoms with Gasteiger partial charge >= 0.3 is 0 Å². The van der Waals surface area contributed by atoms with Crippen LogP contribution in [0.4, 0.5) is 10.1 Å². The number of hydrogen-bond donors (Lipinski definition) is 1. The van der Waals surface area contributed by atoms with Crippen LogP contribution in [0, 0.1) is 5.82 Å². The van der Waals surface area contributed by atoms with Crippen LogP contribution in [-0.4, -0.2) is 23.4 Å². The summed E-state index contributed by atoms with van der Waals surface area (Å²) in [6, 6.07) is 19.9. The van der Waals surface area contributed by atoms with E-state index in [-0.39, 0.29) is 16.9 Å². The number of ether oxygens (including phenoxy) is 1. The second-order valence-electron chi connectivity index (χ2n) is 6.98. The number of aliphatic hydroxyl groups excluding tert-OH is 1. The number of amides is 1. The molecule has 0 aliphatic carbocycles. The van der Waals surface area contributed by atoms with E-state index in [0.29, 0.717) is 23.6 Å². The van der Waals surface area contributed by atoms with Gasteiger partial charge in [-0.15, -0.1) is 0 Å². The van der Waals surface area contributed by atoms with E-state index in [9.17, 15) is 19.1 Å². The smallest absolute Gasteiger partial charge is 0.300 e. The molecule has 31 heavy (non-hydrogen) atoms. The highest BCUT2D eigenvalue weighted by Crippen LogP contribution is 2.42. The zero-order chi connectivity index (χ0) is 22.0. The average molecular weight is 417 g/mol. The van der Waals surface area contributed by atoms with Crippen molar-refractivity contribution in [2.24, 2.45) is 0 Å². The molecule has 0 spiro atoms. The minimum Gasteiger partial charge on any atom is -0.507 e. The predicted molar refractivity (Wildman–Crippen MR) is 115 cm³/mol. The van der Waals surface area contributed by atoms with Crippen molar-refractivity contribution in [1.82, 2.24) is 0 Å². The van der Waals surface area contributed by atoms with E-state index >= 15 is 0 Å². The number of nitrogens with zero attached hydrogens (tertiary/aromatic N) is 1. The van der Waals surface area contributed by atoms with Crippen LogP contribution >= 0.6 is 0 Å². The summed E-state index contributed by atoms with van der Waals surface area (Å²) < 4.78 is 20.2. The van der Waals surface area contributed by atoms with Crippen molar-refractivity contribution < 1.29 is 23.8 Å². The molecule has 156 valence electrons. The van der Waals surface area contributed by atoms with Crippen LogP contribution in [0.5, 0.6) is 5.75 Å². The van der Waals surface area contributed by atoms with Gasteiger partial charge in [-0.25, -0.2) is 4.39 Å². The molecule has 4 rings (SSSR count). The third-order valence-corrected chi connectivity index (χ3v) is 5.12. The highest BCUT2D eigenvalue weighted by atomic mass is 19.1.